The largest absolute Gasteiger partial charge is 0.301 e. The van der Waals surface area contributed by atoms with Crippen molar-refractivity contribution < 1.29 is 0 Å². The summed E-state index contributed by atoms with van der Waals surface area (Å²) in [5, 5.41) is 8.51. The van der Waals surface area contributed by atoms with E-state index in [9.17, 15) is 0 Å². The zero-order chi connectivity index (χ0) is 11.1. The molecule has 1 rings (SSSR count). The van der Waals surface area contributed by atoms with Crippen LogP contribution in [0, 0.1) is 17.2 Å². The highest BCUT2D eigenvalue weighted by molar-refractivity contribution is 4.76. The van der Waals surface area contributed by atoms with Crippen LogP contribution in [0.1, 0.15) is 26.7 Å². The summed E-state index contributed by atoms with van der Waals surface area (Å²) in [6, 6.07) is 2.21. The highest BCUT2D eigenvalue weighted by atomic mass is 15.3. The average molecular weight is 209 g/mol. The Morgan fingerprint density at radius 1 is 1.07 bits per heavy atom. The predicted octanol–water partition coefficient (Wildman–Crippen LogP) is 1.56. The summed E-state index contributed by atoms with van der Waals surface area (Å²) in [6.45, 7) is 11.4. The van der Waals surface area contributed by atoms with Gasteiger partial charge >= 0.3 is 0 Å². The van der Waals surface area contributed by atoms with Gasteiger partial charge in [-0.3, -0.25) is 4.90 Å². The van der Waals surface area contributed by atoms with Crippen molar-refractivity contribution in [1.29, 1.82) is 5.26 Å². The first-order chi connectivity index (χ1) is 7.22. The minimum Gasteiger partial charge on any atom is -0.301 e. The fourth-order valence-electron chi connectivity index (χ4n) is 1.89. The highest BCUT2D eigenvalue weighted by Crippen LogP contribution is 2.06. The van der Waals surface area contributed by atoms with Crippen LogP contribution in [-0.4, -0.2) is 49.1 Å². The topological polar surface area (TPSA) is 30.3 Å². The van der Waals surface area contributed by atoms with Gasteiger partial charge in [-0.1, -0.05) is 13.8 Å². The Balaban J connectivity index is 2.10. The fraction of sp³-hybridized carbons (Fsp3) is 0.917. The van der Waals surface area contributed by atoms with Crippen molar-refractivity contribution in [3.05, 3.63) is 0 Å². The Kier molecular flexibility index (Phi) is 5.67. The molecular weight excluding hydrogens is 186 g/mol. The van der Waals surface area contributed by atoms with Crippen molar-refractivity contribution in [2.24, 2.45) is 5.92 Å². The van der Waals surface area contributed by atoms with Crippen LogP contribution in [0.2, 0.25) is 0 Å². The van der Waals surface area contributed by atoms with Gasteiger partial charge in [-0.05, 0) is 18.9 Å². The lowest BCUT2D eigenvalue weighted by molar-refractivity contribution is 0.130. The standard InChI is InChI=1S/C12H23N3/c1-12(2)4-7-15-10-8-14(9-11-15)6-3-5-13/h12H,3-4,6-11H2,1-2H3. The molecular formula is C12H23N3. The van der Waals surface area contributed by atoms with Gasteiger partial charge in [0.2, 0.25) is 0 Å². The van der Waals surface area contributed by atoms with Crippen LogP contribution in [0.25, 0.3) is 0 Å². The van der Waals surface area contributed by atoms with Gasteiger partial charge in [0.1, 0.15) is 0 Å². The molecule has 0 atom stereocenters. The third-order valence-corrected chi connectivity index (χ3v) is 3.03. The SMILES string of the molecule is CC(C)CCN1CCN(CCC#N)CC1. The molecule has 0 unspecified atom stereocenters. The molecule has 0 aromatic carbocycles. The maximum atomic E-state index is 8.51. The quantitative estimate of drug-likeness (QED) is 0.688. The van der Waals surface area contributed by atoms with Gasteiger partial charge in [-0.25, -0.2) is 0 Å². The number of nitriles is 1. The van der Waals surface area contributed by atoms with Crippen molar-refractivity contribution in [3.8, 4) is 6.07 Å². The molecule has 3 heteroatoms. The second-order valence-corrected chi connectivity index (χ2v) is 4.77. The summed E-state index contributed by atoms with van der Waals surface area (Å²) in [5.74, 6) is 0.807. The lowest BCUT2D eigenvalue weighted by Crippen LogP contribution is -2.46. The Morgan fingerprint density at radius 3 is 2.07 bits per heavy atom. The summed E-state index contributed by atoms with van der Waals surface area (Å²) >= 11 is 0. The molecule has 0 spiro atoms. The molecule has 0 aliphatic carbocycles. The van der Waals surface area contributed by atoms with E-state index >= 15 is 0 Å². The molecule has 0 aromatic heterocycles. The van der Waals surface area contributed by atoms with E-state index in [2.05, 4.69) is 29.7 Å². The van der Waals surface area contributed by atoms with Crippen molar-refractivity contribution >= 4 is 0 Å². The van der Waals surface area contributed by atoms with Crippen molar-refractivity contribution in [3.63, 3.8) is 0 Å². The van der Waals surface area contributed by atoms with Crippen molar-refractivity contribution in [1.82, 2.24) is 9.80 Å². The zero-order valence-corrected chi connectivity index (χ0v) is 10.1. The van der Waals surface area contributed by atoms with E-state index in [0.29, 0.717) is 6.42 Å². The van der Waals surface area contributed by atoms with Crippen LogP contribution >= 0.6 is 0 Å². The zero-order valence-electron chi connectivity index (χ0n) is 10.1. The molecule has 0 N–H and O–H groups in total. The number of hydrogen-bond acceptors (Lipinski definition) is 3. The lowest BCUT2D eigenvalue weighted by Gasteiger charge is -2.34. The number of hydrogen-bond donors (Lipinski definition) is 0. The van der Waals surface area contributed by atoms with Gasteiger partial charge in [-0.2, -0.15) is 5.26 Å². The Morgan fingerprint density at radius 2 is 1.60 bits per heavy atom. The van der Waals surface area contributed by atoms with Gasteiger partial charge in [0.25, 0.3) is 0 Å². The molecule has 1 saturated heterocycles. The average Bonchev–Trinajstić information content (AvgIpc) is 2.25. The van der Waals surface area contributed by atoms with Crippen LogP contribution in [0.15, 0.2) is 0 Å². The minimum atomic E-state index is 0.673. The molecule has 0 radical (unpaired) electrons. The molecule has 1 aliphatic heterocycles. The van der Waals surface area contributed by atoms with E-state index in [-0.39, 0.29) is 0 Å². The second-order valence-electron chi connectivity index (χ2n) is 4.77. The first-order valence-corrected chi connectivity index (χ1v) is 6.04. The Hall–Kier alpha value is -0.590. The van der Waals surface area contributed by atoms with Gasteiger partial charge < -0.3 is 4.90 Å². The van der Waals surface area contributed by atoms with Gasteiger partial charge in [0.05, 0.1) is 6.07 Å². The molecule has 15 heavy (non-hydrogen) atoms. The molecule has 3 nitrogen and oxygen atoms in total. The number of rotatable bonds is 5. The van der Waals surface area contributed by atoms with Crippen LogP contribution < -0.4 is 0 Å². The van der Waals surface area contributed by atoms with Gasteiger partial charge in [0, 0.05) is 39.1 Å². The molecule has 1 fully saturated rings. The van der Waals surface area contributed by atoms with Crippen LogP contribution in [0.5, 0.6) is 0 Å². The smallest absolute Gasteiger partial charge is 0.0635 e. The molecule has 0 saturated carbocycles. The van der Waals surface area contributed by atoms with Crippen LogP contribution in [-0.2, 0) is 0 Å². The molecule has 86 valence electrons. The van der Waals surface area contributed by atoms with E-state index in [1.807, 2.05) is 0 Å². The van der Waals surface area contributed by atoms with E-state index < -0.39 is 0 Å². The second kappa shape index (κ2) is 6.81. The summed E-state index contributed by atoms with van der Waals surface area (Å²) in [7, 11) is 0. The maximum Gasteiger partial charge on any atom is 0.0635 e. The maximum absolute atomic E-state index is 8.51. The summed E-state index contributed by atoms with van der Waals surface area (Å²) in [4.78, 5) is 4.94. The predicted molar refractivity (Wildman–Crippen MR) is 62.6 cm³/mol. The molecule has 0 bridgehead atoms. The third kappa shape index (κ3) is 5.15. The Labute approximate surface area is 93.7 Å². The van der Waals surface area contributed by atoms with E-state index in [0.717, 1.165) is 25.6 Å². The molecule has 0 aromatic rings. The lowest BCUT2D eigenvalue weighted by atomic mass is 10.1. The van der Waals surface area contributed by atoms with E-state index in [1.165, 1.54) is 26.1 Å². The van der Waals surface area contributed by atoms with Crippen molar-refractivity contribution in [2.45, 2.75) is 26.7 Å². The molecule has 0 amide bonds. The van der Waals surface area contributed by atoms with Crippen LogP contribution in [0.3, 0.4) is 0 Å². The Bertz CT molecular complexity index is 199. The first-order valence-electron chi connectivity index (χ1n) is 6.04. The fourth-order valence-corrected chi connectivity index (χ4v) is 1.89. The van der Waals surface area contributed by atoms with E-state index in [1.54, 1.807) is 0 Å². The minimum absolute atomic E-state index is 0.673. The highest BCUT2D eigenvalue weighted by Gasteiger charge is 2.15. The molecule has 1 heterocycles. The molecule has 1 aliphatic rings. The summed E-state index contributed by atoms with van der Waals surface area (Å²) < 4.78 is 0. The van der Waals surface area contributed by atoms with Gasteiger partial charge in [0.15, 0.2) is 0 Å². The van der Waals surface area contributed by atoms with Gasteiger partial charge in [-0.15, -0.1) is 0 Å². The normalized spacial score (nSPS) is 19.3. The van der Waals surface area contributed by atoms with Crippen molar-refractivity contribution in [2.75, 3.05) is 39.3 Å². The summed E-state index contributed by atoms with van der Waals surface area (Å²) in [5.41, 5.74) is 0. The number of piperazine rings is 1. The van der Waals surface area contributed by atoms with Crippen LogP contribution in [0.4, 0.5) is 0 Å². The van der Waals surface area contributed by atoms with E-state index in [4.69, 9.17) is 5.26 Å². The summed E-state index contributed by atoms with van der Waals surface area (Å²) in [6.07, 6.45) is 1.98. The monoisotopic (exact) mass is 209 g/mol. The first kappa shape index (κ1) is 12.5. The third-order valence-electron chi connectivity index (χ3n) is 3.03. The number of nitrogens with zero attached hydrogens (tertiary/aromatic N) is 3.